The average Bonchev–Trinajstić information content (AvgIpc) is 3.63. The van der Waals surface area contributed by atoms with Crippen LogP contribution in [0.4, 0.5) is 35.9 Å². The Morgan fingerprint density at radius 3 is 2.40 bits per heavy atom. The number of aromatic nitrogens is 2. The van der Waals surface area contributed by atoms with Crippen LogP contribution in [-0.2, 0) is 17.1 Å². The van der Waals surface area contributed by atoms with Crippen molar-refractivity contribution in [3.05, 3.63) is 71.1 Å². The first-order valence-electron chi connectivity index (χ1n) is 14.0. The molecule has 1 aromatic heterocycles. The first-order valence-corrected chi connectivity index (χ1v) is 14.0. The Morgan fingerprint density at radius 1 is 1.09 bits per heavy atom. The number of hydrogen-bond donors (Lipinski definition) is 2. The van der Waals surface area contributed by atoms with Crippen molar-refractivity contribution in [1.29, 1.82) is 0 Å². The second kappa shape index (κ2) is 13.7. The molecule has 1 fully saturated rings. The van der Waals surface area contributed by atoms with Gasteiger partial charge in [-0.25, -0.2) is 9.59 Å². The number of guanidine groups is 1. The summed E-state index contributed by atoms with van der Waals surface area (Å²) in [7, 11) is 0. The van der Waals surface area contributed by atoms with Gasteiger partial charge in [0.2, 0.25) is 17.7 Å². The summed E-state index contributed by atoms with van der Waals surface area (Å²) in [6.07, 6.45) is -8.24. The molecule has 17 heteroatoms. The van der Waals surface area contributed by atoms with Crippen molar-refractivity contribution in [3.63, 3.8) is 0 Å². The van der Waals surface area contributed by atoms with Crippen LogP contribution in [0.3, 0.4) is 0 Å². The Hall–Kier alpha value is -5.09. The number of alkyl halides is 6. The standard InChI is InChI=1S/C30H29F6N5O6/c1-28(2,3)46-27(44)39-25(38-26(42)43)41-14-4-7-21(41)24-37-23(40-47-24)18-10-13-22(20(16-18)30(34,35)36)45-15-5-6-17-8-11-19(12-9-17)29(31,32)33/h5-6,8-13,16,21H,4,7,14-15H2,1-3H3,(H,42,43)(H,38,39,44)/b6-5+/t21-/m0/s1. The zero-order valence-corrected chi connectivity index (χ0v) is 25.1. The molecule has 1 saturated heterocycles. The fourth-order valence-corrected chi connectivity index (χ4v) is 4.52. The highest BCUT2D eigenvalue weighted by molar-refractivity contribution is 5.98. The van der Waals surface area contributed by atoms with E-state index < -0.39 is 53.1 Å². The number of halogens is 6. The van der Waals surface area contributed by atoms with E-state index in [4.69, 9.17) is 14.0 Å². The fourth-order valence-electron chi connectivity index (χ4n) is 4.52. The number of nitrogens with one attached hydrogen (secondary N) is 1. The van der Waals surface area contributed by atoms with E-state index in [-0.39, 0.29) is 36.4 Å². The topological polar surface area (TPSA) is 139 Å². The van der Waals surface area contributed by atoms with Crippen LogP contribution in [0, 0.1) is 0 Å². The van der Waals surface area contributed by atoms with Gasteiger partial charge in [0, 0.05) is 12.1 Å². The van der Waals surface area contributed by atoms with Gasteiger partial charge in [-0.1, -0.05) is 23.4 Å². The number of ether oxygens (including phenoxy) is 2. The van der Waals surface area contributed by atoms with Crippen molar-refractivity contribution in [3.8, 4) is 17.1 Å². The molecule has 1 aliphatic heterocycles. The SMILES string of the molecule is CC(C)(C)OC(=O)N=C(NC(=O)O)N1CCC[C@H]1c1nc(-c2ccc(OC/C=C/c3ccc(C(F)(F)F)cc3)c(C(F)(F)F)c2)no1. The lowest BCUT2D eigenvalue weighted by Gasteiger charge is -2.25. The minimum absolute atomic E-state index is 0.0520. The number of benzene rings is 2. The Kier molecular flexibility index (Phi) is 10.2. The average molecular weight is 670 g/mol. The number of carbonyl (C=O) groups excluding carboxylic acids is 1. The summed E-state index contributed by atoms with van der Waals surface area (Å²) in [5.74, 6) is -1.10. The van der Waals surface area contributed by atoms with Gasteiger partial charge in [0.15, 0.2) is 0 Å². The van der Waals surface area contributed by atoms with Crippen LogP contribution in [-0.4, -0.2) is 57.0 Å². The van der Waals surface area contributed by atoms with Gasteiger partial charge in [0.1, 0.15) is 24.0 Å². The molecular weight excluding hydrogens is 640 g/mol. The molecule has 11 nitrogen and oxygen atoms in total. The highest BCUT2D eigenvalue weighted by Crippen LogP contribution is 2.39. The molecule has 0 unspecified atom stereocenters. The van der Waals surface area contributed by atoms with Crippen molar-refractivity contribution in [1.82, 2.24) is 20.4 Å². The van der Waals surface area contributed by atoms with Crippen molar-refractivity contribution in [2.24, 2.45) is 4.99 Å². The van der Waals surface area contributed by atoms with Gasteiger partial charge in [-0.2, -0.15) is 31.3 Å². The van der Waals surface area contributed by atoms with Gasteiger partial charge in [-0.05, 0) is 75.6 Å². The first kappa shape index (κ1) is 34.8. The normalized spacial score (nSPS) is 16.1. The van der Waals surface area contributed by atoms with Crippen molar-refractivity contribution >= 4 is 24.2 Å². The van der Waals surface area contributed by atoms with Crippen LogP contribution in [0.2, 0.25) is 0 Å². The molecule has 2 aromatic carbocycles. The van der Waals surface area contributed by atoms with Gasteiger partial charge in [0.25, 0.3) is 0 Å². The molecule has 252 valence electrons. The Bertz CT molecular complexity index is 1640. The third kappa shape index (κ3) is 9.46. The Labute approximate surface area is 263 Å². The number of amides is 2. The van der Waals surface area contributed by atoms with E-state index in [1.165, 1.54) is 35.3 Å². The van der Waals surface area contributed by atoms with Crippen LogP contribution in [0.5, 0.6) is 5.75 Å². The maximum absolute atomic E-state index is 14.0. The predicted molar refractivity (Wildman–Crippen MR) is 154 cm³/mol. The molecule has 0 spiro atoms. The second-order valence-electron chi connectivity index (χ2n) is 11.2. The number of rotatable bonds is 6. The molecular formula is C30H29F6N5O6. The summed E-state index contributed by atoms with van der Waals surface area (Å²) < 4.78 is 96.0. The molecule has 47 heavy (non-hydrogen) atoms. The third-order valence-corrected chi connectivity index (χ3v) is 6.49. The van der Waals surface area contributed by atoms with Crippen LogP contribution in [0.15, 0.2) is 58.1 Å². The molecule has 0 saturated carbocycles. The molecule has 0 bridgehead atoms. The van der Waals surface area contributed by atoms with E-state index >= 15 is 0 Å². The zero-order chi connectivity index (χ0) is 34.6. The molecule has 1 aliphatic rings. The summed E-state index contributed by atoms with van der Waals surface area (Å²) in [6, 6.07) is 6.59. The van der Waals surface area contributed by atoms with Crippen LogP contribution in [0.25, 0.3) is 17.5 Å². The summed E-state index contributed by atoms with van der Waals surface area (Å²) in [6.45, 7) is 4.75. The van der Waals surface area contributed by atoms with E-state index in [1.807, 2.05) is 0 Å². The number of carboxylic acid groups (broad SMARTS) is 1. The van der Waals surface area contributed by atoms with Gasteiger partial charge >= 0.3 is 24.5 Å². The molecule has 0 aliphatic carbocycles. The maximum Gasteiger partial charge on any atom is 0.437 e. The monoisotopic (exact) mass is 669 g/mol. The summed E-state index contributed by atoms with van der Waals surface area (Å²) in [4.78, 5) is 33.1. The molecule has 2 amide bonds. The fraction of sp³-hybridized carbons (Fsp3) is 0.367. The second-order valence-corrected chi connectivity index (χ2v) is 11.2. The first-order chi connectivity index (χ1) is 21.9. The van der Waals surface area contributed by atoms with Gasteiger partial charge in [-0.15, -0.1) is 4.99 Å². The van der Waals surface area contributed by atoms with Crippen LogP contribution < -0.4 is 10.1 Å². The lowest BCUT2D eigenvalue weighted by Crippen LogP contribution is -2.44. The molecule has 1 atom stereocenters. The number of nitrogens with zero attached hydrogens (tertiary/aromatic N) is 4. The van der Waals surface area contributed by atoms with Gasteiger partial charge < -0.3 is 24.0 Å². The number of hydrogen-bond acceptors (Lipinski definition) is 7. The Morgan fingerprint density at radius 2 is 1.79 bits per heavy atom. The molecule has 4 rings (SSSR count). The number of aliphatic imine (C=N–C) groups is 1. The minimum atomic E-state index is -4.84. The molecule has 0 radical (unpaired) electrons. The highest BCUT2D eigenvalue weighted by Gasteiger charge is 2.37. The third-order valence-electron chi connectivity index (χ3n) is 6.49. The highest BCUT2D eigenvalue weighted by atomic mass is 19.4. The van der Waals surface area contributed by atoms with E-state index in [0.717, 1.165) is 24.3 Å². The quantitative estimate of drug-likeness (QED) is 0.155. The number of carbonyl (C=O) groups is 2. The lowest BCUT2D eigenvalue weighted by molar-refractivity contribution is -0.139. The maximum atomic E-state index is 14.0. The molecule has 3 aromatic rings. The van der Waals surface area contributed by atoms with Gasteiger partial charge in [0.05, 0.1) is 11.1 Å². The van der Waals surface area contributed by atoms with E-state index in [0.29, 0.717) is 18.4 Å². The summed E-state index contributed by atoms with van der Waals surface area (Å²) >= 11 is 0. The Balaban J connectivity index is 1.51. The smallest absolute Gasteiger partial charge is 0.437 e. The van der Waals surface area contributed by atoms with E-state index in [9.17, 15) is 41.0 Å². The zero-order valence-electron chi connectivity index (χ0n) is 25.1. The minimum Gasteiger partial charge on any atom is -0.489 e. The van der Waals surface area contributed by atoms with Crippen LogP contribution >= 0.6 is 0 Å². The largest absolute Gasteiger partial charge is 0.489 e. The van der Waals surface area contributed by atoms with E-state index in [1.54, 1.807) is 20.8 Å². The summed E-state index contributed by atoms with van der Waals surface area (Å²) in [5, 5.41) is 15.2. The summed E-state index contributed by atoms with van der Waals surface area (Å²) in [5.41, 5.74) is -2.53. The molecule has 2 N–H and O–H groups in total. The van der Waals surface area contributed by atoms with Crippen molar-refractivity contribution < 1.29 is 55.0 Å². The number of likely N-dealkylation sites (tertiary alicyclic amines) is 1. The molecule has 2 heterocycles. The van der Waals surface area contributed by atoms with Crippen LogP contribution in [0.1, 0.15) is 62.2 Å². The van der Waals surface area contributed by atoms with E-state index in [2.05, 4.69) is 20.4 Å². The predicted octanol–water partition coefficient (Wildman–Crippen LogP) is 7.56. The lowest BCUT2D eigenvalue weighted by atomic mass is 10.1. The van der Waals surface area contributed by atoms with Crippen molar-refractivity contribution in [2.75, 3.05) is 13.2 Å². The van der Waals surface area contributed by atoms with Gasteiger partial charge in [-0.3, -0.25) is 5.32 Å². The van der Waals surface area contributed by atoms with Crippen molar-refractivity contribution in [2.45, 2.75) is 57.6 Å².